The molecule has 0 atom stereocenters. The molecule has 1 fully saturated rings. The molecule has 4 N–H and O–H groups in total. The van der Waals surface area contributed by atoms with E-state index in [0.29, 0.717) is 40.1 Å². The molecule has 0 radical (unpaired) electrons. The Hall–Kier alpha value is -3.77. The van der Waals surface area contributed by atoms with Crippen molar-refractivity contribution in [2.45, 2.75) is 45.3 Å². The number of imidazole rings is 1. The summed E-state index contributed by atoms with van der Waals surface area (Å²) >= 11 is 1.35. The number of rotatable bonds is 9. The molecule has 1 aliphatic rings. The van der Waals surface area contributed by atoms with E-state index < -0.39 is 5.69 Å². The molecular weight excluding hydrogens is 482 g/mol. The molecule has 5 rings (SSSR count). The number of carbonyl (C=O) groups excluding carboxylic acids is 1. The molecule has 0 aliphatic heterocycles. The van der Waals surface area contributed by atoms with Crippen molar-refractivity contribution in [1.82, 2.24) is 29.9 Å². The molecule has 1 aliphatic carbocycles. The third-order valence-corrected chi connectivity index (χ3v) is 6.62. The lowest BCUT2D eigenvalue weighted by Crippen LogP contribution is -2.24. The first kappa shape index (κ1) is 23.9. The van der Waals surface area contributed by atoms with E-state index in [9.17, 15) is 14.7 Å². The Kier molecular flexibility index (Phi) is 6.70. The van der Waals surface area contributed by atoms with Gasteiger partial charge in [-0.3, -0.25) is 14.8 Å². The second kappa shape index (κ2) is 10.1. The summed E-state index contributed by atoms with van der Waals surface area (Å²) in [6.07, 6.45) is 6.19. The predicted molar refractivity (Wildman–Crippen MR) is 135 cm³/mol. The third-order valence-electron chi connectivity index (χ3n) is 5.52. The molecule has 0 aromatic carbocycles. The average molecular weight is 510 g/mol. The SMILES string of the molecule is CC(C)OCCCNC(=O)c1ccc(-c2cc(=NC3CC3)n3nc/c(=C\c4[nH]c(=O)[nH]c4O)c3n2)s1. The molecule has 4 aromatic rings. The molecule has 0 bridgehead atoms. The maximum Gasteiger partial charge on any atom is 0.326 e. The van der Waals surface area contributed by atoms with Gasteiger partial charge in [-0.1, -0.05) is 0 Å². The van der Waals surface area contributed by atoms with Gasteiger partial charge in [0.25, 0.3) is 5.91 Å². The van der Waals surface area contributed by atoms with Crippen LogP contribution in [0.2, 0.25) is 0 Å². The van der Waals surface area contributed by atoms with Crippen LogP contribution in [0.25, 0.3) is 22.3 Å². The first-order chi connectivity index (χ1) is 17.4. The van der Waals surface area contributed by atoms with Crippen LogP contribution in [-0.2, 0) is 4.74 Å². The van der Waals surface area contributed by atoms with Gasteiger partial charge in [0.2, 0.25) is 5.88 Å². The number of fused-ring (bicyclic) bond motifs is 1. The zero-order chi connectivity index (χ0) is 25.2. The number of aromatic amines is 2. The molecule has 1 amide bonds. The first-order valence-corrected chi connectivity index (χ1v) is 12.6. The first-order valence-electron chi connectivity index (χ1n) is 11.8. The van der Waals surface area contributed by atoms with E-state index in [4.69, 9.17) is 14.7 Å². The molecular formula is C24H27N7O4S. The molecule has 0 saturated heterocycles. The number of aromatic nitrogens is 5. The van der Waals surface area contributed by atoms with Crippen molar-refractivity contribution in [3.63, 3.8) is 0 Å². The van der Waals surface area contributed by atoms with Crippen molar-refractivity contribution < 1.29 is 14.6 Å². The Bertz CT molecular complexity index is 1580. The van der Waals surface area contributed by atoms with Crippen LogP contribution in [0.15, 0.2) is 34.2 Å². The average Bonchev–Trinajstić information content (AvgIpc) is 3.22. The molecule has 36 heavy (non-hydrogen) atoms. The van der Waals surface area contributed by atoms with E-state index in [1.165, 1.54) is 11.3 Å². The number of H-pyrrole nitrogens is 2. The minimum absolute atomic E-state index is 0.134. The summed E-state index contributed by atoms with van der Waals surface area (Å²) in [5.41, 5.74) is 1.58. The molecule has 4 heterocycles. The third kappa shape index (κ3) is 5.39. The summed E-state index contributed by atoms with van der Waals surface area (Å²) in [7, 11) is 0. The molecule has 11 nitrogen and oxygen atoms in total. The highest BCUT2D eigenvalue weighted by atomic mass is 32.1. The van der Waals surface area contributed by atoms with Gasteiger partial charge in [-0.2, -0.15) is 9.61 Å². The van der Waals surface area contributed by atoms with Crippen LogP contribution in [0.4, 0.5) is 0 Å². The monoisotopic (exact) mass is 509 g/mol. The van der Waals surface area contributed by atoms with Gasteiger partial charge in [-0.25, -0.2) is 9.78 Å². The Labute approximate surface area is 209 Å². The van der Waals surface area contributed by atoms with Gasteiger partial charge in [0.05, 0.1) is 33.8 Å². The quantitative estimate of drug-likeness (QED) is 0.250. The lowest BCUT2D eigenvalue weighted by molar-refractivity contribution is 0.0757. The van der Waals surface area contributed by atoms with Crippen molar-refractivity contribution in [3.05, 3.63) is 56.2 Å². The van der Waals surface area contributed by atoms with Gasteiger partial charge in [-0.15, -0.1) is 11.3 Å². The fourth-order valence-electron chi connectivity index (χ4n) is 3.60. The second-order valence-corrected chi connectivity index (χ2v) is 9.96. The molecule has 188 valence electrons. The molecule has 4 aromatic heterocycles. The van der Waals surface area contributed by atoms with Crippen LogP contribution in [-0.4, -0.2) is 60.9 Å². The van der Waals surface area contributed by atoms with Gasteiger partial charge in [-0.05, 0) is 51.3 Å². The number of aromatic hydroxyl groups is 1. The highest BCUT2D eigenvalue weighted by Gasteiger charge is 2.21. The van der Waals surface area contributed by atoms with Gasteiger partial charge in [0.15, 0.2) is 11.1 Å². The largest absolute Gasteiger partial charge is 0.493 e. The minimum Gasteiger partial charge on any atom is -0.493 e. The van der Waals surface area contributed by atoms with E-state index in [2.05, 4.69) is 20.4 Å². The van der Waals surface area contributed by atoms with Gasteiger partial charge in [0, 0.05) is 24.4 Å². The number of nitrogens with zero attached hydrogens (tertiary/aromatic N) is 4. The number of thiophene rings is 1. The summed E-state index contributed by atoms with van der Waals surface area (Å²) < 4.78 is 7.16. The van der Waals surface area contributed by atoms with Crippen LogP contribution in [0.3, 0.4) is 0 Å². The van der Waals surface area contributed by atoms with Gasteiger partial charge < -0.3 is 20.1 Å². The number of amides is 1. The maximum absolute atomic E-state index is 12.6. The predicted octanol–water partition coefficient (Wildman–Crippen LogP) is 1.34. The Morgan fingerprint density at radius 3 is 2.94 bits per heavy atom. The topological polar surface area (TPSA) is 150 Å². The lowest BCUT2D eigenvalue weighted by Gasteiger charge is -2.07. The summed E-state index contributed by atoms with van der Waals surface area (Å²) in [4.78, 5) is 40.0. The van der Waals surface area contributed by atoms with E-state index in [-0.39, 0.29) is 29.6 Å². The number of ether oxygens (including phenoxy) is 1. The molecule has 1 saturated carbocycles. The Morgan fingerprint density at radius 2 is 2.22 bits per heavy atom. The van der Waals surface area contributed by atoms with Crippen molar-refractivity contribution in [3.8, 4) is 16.5 Å². The Morgan fingerprint density at radius 1 is 1.39 bits per heavy atom. The lowest BCUT2D eigenvalue weighted by atomic mass is 10.3. The van der Waals surface area contributed by atoms with Crippen molar-refractivity contribution in [1.29, 1.82) is 0 Å². The molecule has 0 spiro atoms. The number of hydrogen-bond acceptors (Lipinski definition) is 8. The summed E-state index contributed by atoms with van der Waals surface area (Å²) in [5.74, 6) is -0.395. The van der Waals surface area contributed by atoms with Crippen molar-refractivity contribution >= 4 is 29.0 Å². The second-order valence-electron chi connectivity index (χ2n) is 8.87. The van der Waals surface area contributed by atoms with Gasteiger partial charge in [0.1, 0.15) is 5.69 Å². The normalized spacial score (nSPS) is 14.9. The van der Waals surface area contributed by atoms with E-state index in [1.54, 1.807) is 22.9 Å². The summed E-state index contributed by atoms with van der Waals surface area (Å²) in [6, 6.07) is 5.79. The van der Waals surface area contributed by atoms with Crippen LogP contribution >= 0.6 is 11.3 Å². The van der Waals surface area contributed by atoms with E-state index >= 15 is 0 Å². The van der Waals surface area contributed by atoms with Crippen LogP contribution in [0, 0.1) is 0 Å². The fourth-order valence-corrected chi connectivity index (χ4v) is 4.48. The van der Waals surface area contributed by atoms with Crippen LogP contribution < -0.4 is 21.7 Å². The minimum atomic E-state index is -0.509. The van der Waals surface area contributed by atoms with Gasteiger partial charge >= 0.3 is 5.69 Å². The van der Waals surface area contributed by atoms with Crippen molar-refractivity contribution in [2.24, 2.45) is 4.99 Å². The zero-order valence-corrected chi connectivity index (χ0v) is 20.8. The molecule has 12 heteroatoms. The number of hydrogen-bond donors (Lipinski definition) is 4. The fraction of sp³-hybridized carbons (Fsp3) is 0.375. The zero-order valence-electron chi connectivity index (χ0n) is 19.9. The highest BCUT2D eigenvalue weighted by molar-refractivity contribution is 7.17. The van der Waals surface area contributed by atoms with E-state index in [1.807, 2.05) is 26.0 Å². The smallest absolute Gasteiger partial charge is 0.326 e. The standard InChI is InChI=1S/C24H27N7O4S/c1-13(2)35-9-3-8-25-23(33)19-7-6-18(36-19)16-11-20(27-15-4-5-15)31-21(28-16)14(12-26-31)10-17-22(32)30-24(34)29-17/h6-7,10-13,15,32H,3-5,8-9H2,1-2H3,(H,25,33)(H2,29,30,34)/b14-10+,27-20?. The summed E-state index contributed by atoms with van der Waals surface area (Å²) in [5, 5.41) is 17.9. The van der Waals surface area contributed by atoms with Crippen molar-refractivity contribution in [2.75, 3.05) is 13.2 Å². The number of carbonyl (C=O) groups is 1. The Balaban J connectivity index is 1.46. The van der Waals surface area contributed by atoms with Crippen LogP contribution in [0.5, 0.6) is 5.88 Å². The highest BCUT2D eigenvalue weighted by Crippen LogP contribution is 2.27. The number of nitrogens with one attached hydrogen (secondary N) is 3. The van der Waals surface area contributed by atoms with E-state index in [0.717, 1.165) is 24.1 Å². The van der Waals surface area contributed by atoms with Crippen LogP contribution in [0.1, 0.15) is 48.5 Å². The summed E-state index contributed by atoms with van der Waals surface area (Å²) in [6.45, 7) is 5.10. The maximum atomic E-state index is 12.6. The molecule has 0 unspecified atom stereocenters.